The summed E-state index contributed by atoms with van der Waals surface area (Å²) in [5, 5.41) is 15.4. The molecule has 1 aromatic heterocycles. The van der Waals surface area contributed by atoms with Crippen molar-refractivity contribution >= 4 is 46.7 Å². The highest BCUT2D eigenvalue weighted by molar-refractivity contribution is 5.97. The average Bonchev–Trinajstić information content (AvgIpc) is 3.41. The molecule has 0 saturated heterocycles. The second-order valence-corrected chi connectivity index (χ2v) is 17.6. The number of aromatic nitrogens is 1. The number of carbonyl (C=O) groups is 6. The van der Waals surface area contributed by atoms with Crippen molar-refractivity contribution in [3.05, 3.63) is 47.4 Å². The summed E-state index contributed by atoms with van der Waals surface area (Å²) in [4.78, 5) is 82.7. The van der Waals surface area contributed by atoms with Crippen molar-refractivity contribution < 1.29 is 47.7 Å². The number of halogens is 1. The van der Waals surface area contributed by atoms with Gasteiger partial charge in [0, 0.05) is 50.1 Å². The summed E-state index contributed by atoms with van der Waals surface area (Å²) in [5.41, 5.74) is -1.43. The molecule has 0 fully saturated rings. The zero-order valence-electron chi connectivity index (χ0n) is 36.3. The van der Waals surface area contributed by atoms with E-state index in [1.807, 2.05) is 13.8 Å². The topological polar surface area (TPSA) is 177 Å². The highest BCUT2D eigenvalue weighted by atomic mass is 19.1. The van der Waals surface area contributed by atoms with Gasteiger partial charge < -0.3 is 34.7 Å². The van der Waals surface area contributed by atoms with Crippen LogP contribution in [-0.2, 0) is 45.9 Å². The molecule has 1 heterocycles. The Morgan fingerprint density at radius 1 is 0.965 bits per heavy atom. The van der Waals surface area contributed by atoms with Crippen LogP contribution in [0.3, 0.4) is 0 Å². The van der Waals surface area contributed by atoms with Crippen molar-refractivity contribution in [2.45, 2.75) is 131 Å². The Hall–Kier alpha value is -4.95. The fourth-order valence-electron chi connectivity index (χ4n) is 6.78. The number of hydrogen-bond donors (Lipinski definition) is 3. The van der Waals surface area contributed by atoms with E-state index in [1.165, 1.54) is 35.9 Å². The molecule has 0 radical (unpaired) electrons. The highest BCUT2D eigenvalue weighted by Gasteiger charge is 2.47. The largest absolute Gasteiger partial charge is 0.481 e. The van der Waals surface area contributed by atoms with Crippen molar-refractivity contribution in [1.82, 2.24) is 25.0 Å². The molecule has 1 aromatic carbocycles. The predicted molar refractivity (Wildman–Crippen MR) is 216 cm³/mol. The number of fused-ring (bicyclic) bond motifs is 1. The first kappa shape index (κ1) is 48.2. The van der Waals surface area contributed by atoms with Crippen molar-refractivity contribution in [1.29, 1.82) is 0 Å². The first-order valence-electron chi connectivity index (χ1n) is 19.2. The SMILES string of the molecule is CCOC(=O)[C@@H](CCC(=O)O)NC(=O)/C(C)=C/[C@H](C(C)C)N(C)C(=O)[C@@H](NC(=O)[C@@H](N(C)C(=O)OC(C)(C)C)C(C)(C)c1cn(C)c2cc(F)ccc12)C(C)(C)C. The number of aliphatic carboxylic acids is 1. The monoisotopic (exact) mass is 801 g/mol. The fourth-order valence-corrected chi connectivity index (χ4v) is 6.78. The van der Waals surface area contributed by atoms with E-state index in [-0.39, 0.29) is 30.9 Å². The Bertz CT molecular complexity index is 1840. The van der Waals surface area contributed by atoms with Crippen LogP contribution in [0.15, 0.2) is 36.0 Å². The minimum absolute atomic E-state index is 0.0425. The van der Waals surface area contributed by atoms with Crippen LogP contribution >= 0.6 is 0 Å². The molecule has 3 N–H and O–H groups in total. The Balaban J connectivity index is 2.59. The number of nitrogens with one attached hydrogen (secondary N) is 2. The number of amides is 4. The summed E-state index contributed by atoms with van der Waals surface area (Å²) in [6, 6.07) is 0.144. The molecule has 0 aliphatic carbocycles. The van der Waals surface area contributed by atoms with Crippen LogP contribution < -0.4 is 10.6 Å². The maximum Gasteiger partial charge on any atom is 0.410 e. The Morgan fingerprint density at radius 3 is 2.07 bits per heavy atom. The van der Waals surface area contributed by atoms with Crippen LogP contribution in [0.2, 0.25) is 0 Å². The van der Waals surface area contributed by atoms with E-state index in [2.05, 4.69) is 10.6 Å². The van der Waals surface area contributed by atoms with Crippen molar-refractivity contribution in [3.8, 4) is 0 Å². The summed E-state index contributed by atoms with van der Waals surface area (Å²) >= 11 is 0. The van der Waals surface area contributed by atoms with Gasteiger partial charge in [0.1, 0.15) is 29.5 Å². The van der Waals surface area contributed by atoms with E-state index >= 15 is 0 Å². The molecular weight excluding hydrogens is 737 g/mol. The van der Waals surface area contributed by atoms with Gasteiger partial charge in [-0.05, 0) is 76.1 Å². The van der Waals surface area contributed by atoms with Gasteiger partial charge in [-0.3, -0.25) is 24.1 Å². The zero-order valence-corrected chi connectivity index (χ0v) is 36.3. The number of carbonyl (C=O) groups excluding carboxylic acids is 5. The molecule has 0 aliphatic heterocycles. The average molecular weight is 802 g/mol. The van der Waals surface area contributed by atoms with Crippen LogP contribution in [0.4, 0.5) is 9.18 Å². The summed E-state index contributed by atoms with van der Waals surface area (Å²) in [6.45, 7) is 21.0. The van der Waals surface area contributed by atoms with Crippen LogP contribution in [0.5, 0.6) is 0 Å². The number of rotatable bonds is 16. The quantitative estimate of drug-likeness (QED) is 0.142. The first-order valence-corrected chi connectivity index (χ1v) is 19.2. The first-order chi connectivity index (χ1) is 26.0. The van der Waals surface area contributed by atoms with Gasteiger partial charge in [-0.2, -0.15) is 0 Å². The second kappa shape index (κ2) is 19.0. The van der Waals surface area contributed by atoms with Gasteiger partial charge in [-0.25, -0.2) is 14.0 Å². The van der Waals surface area contributed by atoms with E-state index in [4.69, 9.17) is 14.6 Å². The fraction of sp³-hybridized carbons (Fsp3) is 0.619. The lowest BCUT2D eigenvalue weighted by Crippen LogP contribution is -2.63. The number of carboxylic acid groups (broad SMARTS) is 1. The molecule has 14 nitrogen and oxygen atoms in total. The van der Waals surface area contributed by atoms with Gasteiger partial charge >= 0.3 is 18.0 Å². The normalized spacial score (nSPS) is 14.6. The number of ether oxygens (including phenoxy) is 2. The highest BCUT2D eigenvalue weighted by Crippen LogP contribution is 2.37. The van der Waals surface area contributed by atoms with Crippen LogP contribution in [0, 0.1) is 17.2 Å². The van der Waals surface area contributed by atoms with Crippen molar-refractivity contribution in [3.63, 3.8) is 0 Å². The number of nitrogens with zero attached hydrogens (tertiary/aromatic N) is 3. The second-order valence-electron chi connectivity index (χ2n) is 17.6. The van der Waals surface area contributed by atoms with E-state index in [9.17, 15) is 33.2 Å². The van der Waals surface area contributed by atoms with E-state index in [0.29, 0.717) is 16.5 Å². The third-order valence-electron chi connectivity index (χ3n) is 9.83. The molecule has 4 amide bonds. The summed E-state index contributed by atoms with van der Waals surface area (Å²) in [7, 11) is 4.80. The molecule has 0 unspecified atom stereocenters. The van der Waals surface area contributed by atoms with E-state index < -0.39 is 82.2 Å². The lowest BCUT2D eigenvalue weighted by atomic mass is 9.76. The molecule has 4 atom stereocenters. The Morgan fingerprint density at radius 2 is 1.56 bits per heavy atom. The smallest absolute Gasteiger partial charge is 0.410 e. The molecule has 0 aliphatic rings. The lowest BCUT2D eigenvalue weighted by molar-refractivity contribution is -0.147. The van der Waals surface area contributed by atoms with Gasteiger partial charge in [0.05, 0.1) is 18.2 Å². The summed E-state index contributed by atoms with van der Waals surface area (Å²) in [5.74, 6) is -4.29. The van der Waals surface area contributed by atoms with Gasteiger partial charge in [0.2, 0.25) is 17.7 Å². The Labute approximate surface area is 336 Å². The lowest BCUT2D eigenvalue weighted by Gasteiger charge is -2.42. The zero-order chi connectivity index (χ0) is 44.0. The number of likely N-dealkylation sites (N-methyl/N-ethyl adjacent to an activating group) is 2. The maximum atomic E-state index is 14.8. The van der Waals surface area contributed by atoms with Gasteiger partial charge in [0.15, 0.2) is 0 Å². The van der Waals surface area contributed by atoms with Crippen LogP contribution in [0.25, 0.3) is 10.9 Å². The number of carboxylic acids is 1. The number of aryl methyl sites for hydroxylation is 1. The molecule has 318 valence electrons. The molecular formula is C42H64FN5O9. The standard InChI is InChI=1S/C42H64FN5O9/c1-16-56-38(54)29(19-20-32(49)50)44-35(51)25(4)21-30(24(2)3)47(14)37(53)33(40(5,6)7)45-36(52)34(48(15)39(55)57-41(8,9)10)42(11,12)28-23-46(13)31-22-26(43)17-18-27(28)31/h17-18,21-24,29-30,33-34H,16,19-20H2,1-15H3,(H,44,51)(H,45,52)(H,49,50)/b25-21+/t29-,30-,33-,34-/m1/s1. The third kappa shape index (κ3) is 12.5. The van der Waals surface area contributed by atoms with Gasteiger partial charge in [-0.15, -0.1) is 0 Å². The minimum Gasteiger partial charge on any atom is -0.481 e. The van der Waals surface area contributed by atoms with E-state index in [0.717, 1.165) is 0 Å². The molecule has 0 spiro atoms. The van der Waals surface area contributed by atoms with Gasteiger partial charge in [-0.1, -0.05) is 54.5 Å². The van der Waals surface area contributed by atoms with Crippen LogP contribution in [0.1, 0.15) is 101 Å². The minimum atomic E-state index is -1.23. The van der Waals surface area contributed by atoms with Gasteiger partial charge in [0.25, 0.3) is 0 Å². The molecule has 15 heteroatoms. The third-order valence-corrected chi connectivity index (χ3v) is 9.83. The molecule has 2 rings (SSSR count). The Kier molecular flexibility index (Phi) is 16.1. The van der Waals surface area contributed by atoms with E-state index in [1.54, 1.807) is 99.3 Å². The van der Waals surface area contributed by atoms with Crippen molar-refractivity contribution in [2.24, 2.45) is 18.4 Å². The van der Waals surface area contributed by atoms with Crippen LogP contribution in [-0.4, -0.2) is 106 Å². The number of esters is 1. The molecule has 0 saturated carbocycles. The summed E-state index contributed by atoms with van der Waals surface area (Å²) < 4.78 is 26.8. The number of benzene rings is 1. The summed E-state index contributed by atoms with van der Waals surface area (Å²) in [6.07, 6.45) is 2.08. The molecule has 2 aromatic rings. The predicted octanol–water partition coefficient (Wildman–Crippen LogP) is 5.70. The van der Waals surface area contributed by atoms with Crippen molar-refractivity contribution in [2.75, 3.05) is 20.7 Å². The number of hydrogen-bond acceptors (Lipinski definition) is 8. The molecule has 0 bridgehead atoms. The maximum absolute atomic E-state index is 14.8. The molecule has 57 heavy (non-hydrogen) atoms.